The SMILES string of the molecule is NCc1cccc(Nc2nc(=O)n(O)c3ncccc23)c1. The van der Waals surface area contributed by atoms with Gasteiger partial charge in [-0.25, -0.2) is 9.78 Å². The molecule has 2 heterocycles. The van der Waals surface area contributed by atoms with Crippen molar-refractivity contribution in [2.45, 2.75) is 6.54 Å². The average molecular weight is 283 g/mol. The van der Waals surface area contributed by atoms with Crippen LogP contribution in [-0.4, -0.2) is 19.9 Å². The van der Waals surface area contributed by atoms with E-state index >= 15 is 0 Å². The third kappa shape index (κ3) is 2.41. The van der Waals surface area contributed by atoms with Gasteiger partial charge in [0.05, 0.1) is 5.39 Å². The molecule has 0 bridgehead atoms. The number of rotatable bonds is 3. The van der Waals surface area contributed by atoms with Crippen LogP contribution < -0.4 is 16.7 Å². The highest BCUT2D eigenvalue weighted by Gasteiger charge is 2.10. The maximum atomic E-state index is 11.7. The first-order chi connectivity index (χ1) is 10.2. The molecule has 0 spiro atoms. The molecule has 0 amide bonds. The summed E-state index contributed by atoms with van der Waals surface area (Å²) in [5.74, 6) is 0.336. The first-order valence-electron chi connectivity index (χ1n) is 6.32. The number of benzene rings is 1. The first-order valence-corrected chi connectivity index (χ1v) is 6.32. The normalized spacial score (nSPS) is 10.7. The number of fused-ring (bicyclic) bond motifs is 1. The van der Waals surface area contributed by atoms with Gasteiger partial charge in [0.15, 0.2) is 5.65 Å². The van der Waals surface area contributed by atoms with Gasteiger partial charge >= 0.3 is 5.69 Å². The van der Waals surface area contributed by atoms with Crippen LogP contribution in [0.15, 0.2) is 47.4 Å². The molecule has 3 aromatic rings. The van der Waals surface area contributed by atoms with Crippen molar-refractivity contribution in [2.24, 2.45) is 5.73 Å². The Labute approximate surface area is 119 Å². The Morgan fingerprint density at radius 3 is 2.95 bits per heavy atom. The van der Waals surface area contributed by atoms with Crippen molar-refractivity contribution in [3.8, 4) is 0 Å². The summed E-state index contributed by atoms with van der Waals surface area (Å²) in [6.07, 6.45) is 1.49. The lowest BCUT2D eigenvalue weighted by Crippen LogP contribution is -2.23. The van der Waals surface area contributed by atoms with Gasteiger partial charge in [0.25, 0.3) is 0 Å². The zero-order valence-corrected chi connectivity index (χ0v) is 11.0. The summed E-state index contributed by atoms with van der Waals surface area (Å²) in [6.45, 7) is 0.420. The van der Waals surface area contributed by atoms with E-state index in [1.165, 1.54) is 6.20 Å². The van der Waals surface area contributed by atoms with Gasteiger partial charge in [-0.3, -0.25) is 0 Å². The predicted molar refractivity (Wildman–Crippen MR) is 78.6 cm³/mol. The second-order valence-corrected chi connectivity index (χ2v) is 4.46. The van der Waals surface area contributed by atoms with Crippen LogP contribution in [0.2, 0.25) is 0 Å². The van der Waals surface area contributed by atoms with Crippen LogP contribution in [0.4, 0.5) is 11.5 Å². The van der Waals surface area contributed by atoms with Crippen LogP contribution in [-0.2, 0) is 6.54 Å². The minimum absolute atomic E-state index is 0.148. The van der Waals surface area contributed by atoms with Gasteiger partial charge in [-0.05, 0) is 29.8 Å². The summed E-state index contributed by atoms with van der Waals surface area (Å²) < 4.78 is 0.427. The van der Waals surface area contributed by atoms with Crippen molar-refractivity contribution in [2.75, 3.05) is 5.32 Å². The van der Waals surface area contributed by atoms with E-state index < -0.39 is 5.69 Å². The lowest BCUT2D eigenvalue weighted by Gasteiger charge is -2.10. The maximum absolute atomic E-state index is 11.7. The molecule has 0 saturated heterocycles. The predicted octanol–water partition coefficient (Wildman–Crippen LogP) is 1.23. The molecule has 0 fully saturated rings. The maximum Gasteiger partial charge on any atom is 0.384 e. The van der Waals surface area contributed by atoms with Crippen LogP contribution in [0.5, 0.6) is 0 Å². The minimum atomic E-state index is -0.793. The van der Waals surface area contributed by atoms with E-state index in [-0.39, 0.29) is 5.65 Å². The molecule has 0 saturated carbocycles. The van der Waals surface area contributed by atoms with Gasteiger partial charge in [-0.15, -0.1) is 4.73 Å². The highest BCUT2D eigenvalue weighted by molar-refractivity contribution is 5.88. The molecule has 0 radical (unpaired) electrons. The lowest BCUT2D eigenvalue weighted by atomic mass is 10.2. The Hall–Kier alpha value is -2.93. The van der Waals surface area contributed by atoms with Crippen LogP contribution >= 0.6 is 0 Å². The molecule has 7 nitrogen and oxygen atoms in total. The zero-order chi connectivity index (χ0) is 14.8. The van der Waals surface area contributed by atoms with Crippen molar-refractivity contribution < 1.29 is 5.21 Å². The molecule has 21 heavy (non-hydrogen) atoms. The number of anilines is 2. The molecule has 0 aliphatic carbocycles. The quantitative estimate of drug-likeness (QED) is 0.624. The first kappa shape index (κ1) is 13.1. The second-order valence-electron chi connectivity index (χ2n) is 4.46. The van der Waals surface area contributed by atoms with E-state index in [2.05, 4.69) is 15.3 Å². The largest absolute Gasteiger partial charge is 0.422 e. The van der Waals surface area contributed by atoms with Crippen molar-refractivity contribution in [1.29, 1.82) is 0 Å². The van der Waals surface area contributed by atoms with E-state index in [9.17, 15) is 10.0 Å². The Morgan fingerprint density at radius 2 is 2.14 bits per heavy atom. The topological polar surface area (TPSA) is 106 Å². The van der Waals surface area contributed by atoms with Crippen LogP contribution in [0, 0.1) is 0 Å². The Morgan fingerprint density at radius 1 is 1.29 bits per heavy atom. The molecule has 0 atom stereocenters. The summed E-state index contributed by atoms with van der Waals surface area (Å²) >= 11 is 0. The number of nitrogens with two attached hydrogens (primary N) is 1. The van der Waals surface area contributed by atoms with Crippen molar-refractivity contribution >= 4 is 22.5 Å². The Bertz CT molecular complexity index is 859. The molecular weight excluding hydrogens is 270 g/mol. The van der Waals surface area contributed by atoms with Crippen molar-refractivity contribution in [1.82, 2.24) is 14.7 Å². The fraction of sp³-hybridized carbons (Fsp3) is 0.0714. The zero-order valence-electron chi connectivity index (χ0n) is 11.0. The number of hydrogen-bond donors (Lipinski definition) is 3. The number of nitrogens with zero attached hydrogens (tertiary/aromatic N) is 3. The minimum Gasteiger partial charge on any atom is -0.422 e. The molecule has 4 N–H and O–H groups in total. The molecule has 2 aromatic heterocycles. The summed E-state index contributed by atoms with van der Waals surface area (Å²) in [5.41, 5.74) is 6.67. The number of hydrogen-bond acceptors (Lipinski definition) is 6. The van der Waals surface area contributed by atoms with Gasteiger partial charge in [-0.1, -0.05) is 12.1 Å². The molecule has 0 aliphatic heterocycles. The molecule has 0 aliphatic rings. The molecule has 106 valence electrons. The number of aromatic nitrogens is 3. The van der Waals surface area contributed by atoms with E-state index in [0.717, 1.165) is 11.3 Å². The number of pyridine rings is 1. The fourth-order valence-electron chi connectivity index (χ4n) is 2.05. The highest BCUT2D eigenvalue weighted by Crippen LogP contribution is 2.21. The van der Waals surface area contributed by atoms with Gasteiger partial charge in [-0.2, -0.15) is 4.98 Å². The summed E-state index contributed by atoms with van der Waals surface area (Å²) in [4.78, 5) is 19.5. The fourth-order valence-corrected chi connectivity index (χ4v) is 2.05. The summed E-state index contributed by atoms with van der Waals surface area (Å²) in [7, 11) is 0. The Kier molecular flexibility index (Phi) is 3.25. The number of nitrogens with one attached hydrogen (secondary N) is 1. The van der Waals surface area contributed by atoms with E-state index in [4.69, 9.17) is 5.73 Å². The summed E-state index contributed by atoms with van der Waals surface area (Å²) in [5, 5.41) is 13.3. The lowest BCUT2D eigenvalue weighted by molar-refractivity contribution is 0.182. The van der Waals surface area contributed by atoms with Gasteiger partial charge in [0.1, 0.15) is 5.82 Å². The monoisotopic (exact) mass is 283 g/mol. The average Bonchev–Trinajstić information content (AvgIpc) is 2.52. The van der Waals surface area contributed by atoms with E-state index in [1.807, 2.05) is 24.3 Å². The van der Waals surface area contributed by atoms with E-state index in [1.54, 1.807) is 12.1 Å². The van der Waals surface area contributed by atoms with Gasteiger partial charge in [0.2, 0.25) is 0 Å². The van der Waals surface area contributed by atoms with Crippen molar-refractivity contribution in [3.63, 3.8) is 0 Å². The third-order valence-electron chi connectivity index (χ3n) is 3.06. The summed E-state index contributed by atoms with van der Waals surface area (Å²) in [6, 6.07) is 10.9. The molecule has 7 heteroatoms. The van der Waals surface area contributed by atoms with Gasteiger partial charge < -0.3 is 16.3 Å². The highest BCUT2D eigenvalue weighted by atomic mass is 16.5. The van der Waals surface area contributed by atoms with Crippen molar-refractivity contribution in [3.05, 3.63) is 58.6 Å². The van der Waals surface area contributed by atoms with Crippen LogP contribution in [0.3, 0.4) is 0 Å². The second kappa shape index (κ2) is 5.22. The van der Waals surface area contributed by atoms with E-state index in [0.29, 0.717) is 22.5 Å². The molecule has 1 aromatic carbocycles. The smallest absolute Gasteiger partial charge is 0.384 e. The molecule has 3 rings (SSSR count). The Balaban J connectivity index is 2.12. The van der Waals surface area contributed by atoms with Crippen LogP contribution in [0.1, 0.15) is 5.56 Å². The molecule has 0 unspecified atom stereocenters. The van der Waals surface area contributed by atoms with Crippen LogP contribution in [0.25, 0.3) is 11.0 Å². The molecular formula is C14H13N5O2. The van der Waals surface area contributed by atoms with Gasteiger partial charge in [0, 0.05) is 18.4 Å². The standard InChI is InChI=1S/C14H13N5O2/c15-8-9-3-1-4-10(7-9)17-12-11-5-2-6-16-13(11)19(21)14(20)18-12/h1-7,21H,8,15H2,(H,17,18,20). The third-order valence-corrected chi connectivity index (χ3v) is 3.06.